The second-order valence-electron chi connectivity index (χ2n) is 5.14. The van der Waals surface area contributed by atoms with Crippen molar-refractivity contribution < 1.29 is 13.2 Å². The van der Waals surface area contributed by atoms with Gasteiger partial charge in [-0.2, -0.15) is 0 Å². The molecule has 0 aliphatic heterocycles. The van der Waals surface area contributed by atoms with Crippen molar-refractivity contribution in [3.8, 4) is 0 Å². The average Bonchev–Trinajstić information content (AvgIpc) is 2.41. The SMILES string of the molecule is CCCCN(CCNC(=O)c1cccc(C)c1)S(C)(=O)=O. The molecule has 0 aliphatic rings. The molecule has 1 amide bonds. The molecule has 0 atom stereocenters. The van der Waals surface area contributed by atoms with E-state index in [0.29, 0.717) is 25.2 Å². The average molecular weight is 312 g/mol. The smallest absolute Gasteiger partial charge is 0.251 e. The molecular weight excluding hydrogens is 288 g/mol. The van der Waals surface area contributed by atoms with E-state index in [-0.39, 0.29) is 5.91 Å². The first kappa shape index (κ1) is 17.7. The predicted octanol–water partition coefficient (Wildman–Crippen LogP) is 1.79. The van der Waals surface area contributed by atoms with Crippen molar-refractivity contribution >= 4 is 15.9 Å². The largest absolute Gasteiger partial charge is 0.351 e. The number of sulfonamides is 1. The van der Waals surface area contributed by atoms with Crippen LogP contribution in [0.4, 0.5) is 0 Å². The lowest BCUT2D eigenvalue weighted by atomic mass is 10.1. The first-order chi connectivity index (χ1) is 9.84. The van der Waals surface area contributed by atoms with E-state index in [0.717, 1.165) is 18.4 Å². The molecule has 0 heterocycles. The highest BCUT2D eigenvalue weighted by Gasteiger charge is 2.15. The van der Waals surface area contributed by atoms with Gasteiger partial charge in [-0.15, -0.1) is 0 Å². The first-order valence-electron chi connectivity index (χ1n) is 7.14. The van der Waals surface area contributed by atoms with Crippen LogP contribution in [0.15, 0.2) is 24.3 Å². The fourth-order valence-corrected chi connectivity index (χ4v) is 2.84. The Kier molecular flexibility index (Phi) is 6.84. The van der Waals surface area contributed by atoms with Gasteiger partial charge in [0, 0.05) is 25.2 Å². The van der Waals surface area contributed by atoms with Gasteiger partial charge in [0.05, 0.1) is 6.26 Å². The van der Waals surface area contributed by atoms with E-state index in [1.807, 2.05) is 26.0 Å². The van der Waals surface area contributed by atoms with Gasteiger partial charge in [-0.25, -0.2) is 12.7 Å². The minimum atomic E-state index is -3.22. The van der Waals surface area contributed by atoms with Crippen LogP contribution in [0.25, 0.3) is 0 Å². The molecule has 0 aromatic heterocycles. The van der Waals surface area contributed by atoms with Gasteiger partial charge in [-0.3, -0.25) is 4.79 Å². The molecule has 0 saturated carbocycles. The van der Waals surface area contributed by atoms with E-state index in [1.54, 1.807) is 12.1 Å². The van der Waals surface area contributed by atoms with Gasteiger partial charge in [-0.05, 0) is 25.5 Å². The lowest BCUT2D eigenvalue weighted by Gasteiger charge is -2.19. The van der Waals surface area contributed by atoms with Crippen LogP contribution in [0.2, 0.25) is 0 Å². The predicted molar refractivity (Wildman–Crippen MR) is 84.8 cm³/mol. The summed E-state index contributed by atoms with van der Waals surface area (Å²) >= 11 is 0. The van der Waals surface area contributed by atoms with Crippen LogP contribution in [0, 0.1) is 6.92 Å². The second kappa shape index (κ2) is 8.14. The quantitative estimate of drug-likeness (QED) is 0.796. The van der Waals surface area contributed by atoms with Crippen molar-refractivity contribution in [2.75, 3.05) is 25.9 Å². The molecule has 0 aliphatic carbocycles. The highest BCUT2D eigenvalue weighted by Crippen LogP contribution is 2.04. The van der Waals surface area contributed by atoms with Crippen LogP contribution in [0.5, 0.6) is 0 Å². The summed E-state index contributed by atoms with van der Waals surface area (Å²) < 4.78 is 24.7. The van der Waals surface area contributed by atoms with E-state index in [1.165, 1.54) is 10.6 Å². The van der Waals surface area contributed by atoms with Crippen LogP contribution in [-0.2, 0) is 10.0 Å². The number of unbranched alkanes of at least 4 members (excludes halogenated alkanes) is 1. The minimum absolute atomic E-state index is 0.178. The van der Waals surface area contributed by atoms with Gasteiger partial charge in [0.25, 0.3) is 5.91 Å². The molecule has 118 valence electrons. The monoisotopic (exact) mass is 312 g/mol. The van der Waals surface area contributed by atoms with Gasteiger partial charge in [0.15, 0.2) is 0 Å². The Morgan fingerprint density at radius 1 is 1.29 bits per heavy atom. The van der Waals surface area contributed by atoms with Crippen LogP contribution < -0.4 is 5.32 Å². The van der Waals surface area contributed by atoms with Crippen molar-refractivity contribution in [2.24, 2.45) is 0 Å². The van der Waals surface area contributed by atoms with E-state index >= 15 is 0 Å². The third-order valence-corrected chi connectivity index (χ3v) is 4.46. The fraction of sp³-hybridized carbons (Fsp3) is 0.533. The highest BCUT2D eigenvalue weighted by molar-refractivity contribution is 7.88. The molecule has 0 fully saturated rings. The van der Waals surface area contributed by atoms with E-state index < -0.39 is 10.0 Å². The maximum Gasteiger partial charge on any atom is 0.251 e. The molecule has 0 unspecified atom stereocenters. The van der Waals surface area contributed by atoms with Crippen LogP contribution in [0.1, 0.15) is 35.7 Å². The van der Waals surface area contributed by atoms with E-state index in [9.17, 15) is 13.2 Å². The van der Waals surface area contributed by atoms with Gasteiger partial charge in [-0.1, -0.05) is 31.0 Å². The Labute approximate surface area is 127 Å². The van der Waals surface area contributed by atoms with Crippen molar-refractivity contribution in [3.63, 3.8) is 0 Å². The zero-order chi connectivity index (χ0) is 15.9. The Bertz CT molecular complexity index is 570. The minimum Gasteiger partial charge on any atom is -0.351 e. The topological polar surface area (TPSA) is 66.5 Å². The standard InChI is InChI=1S/C15H24N2O3S/c1-4-5-10-17(21(3,19)20)11-9-16-15(18)14-8-6-7-13(2)12-14/h6-8,12H,4-5,9-11H2,1-3H3,(H,16,18). The molecule has 1 N–H and O–H groups in total. The number of rotatable bonds is 8. The molecule has 0 saturated heterocycles. The Hall–Kier alpha value is -1.40. The highest BCUT2D eigenvalue weighted by atomic mass is 32.2. The summed E-state index contributed by atoms with van der Waals surface area (Å²) in [5.41, 5.74) is 1.61. The molecule has 1 aromatic rings. The molecular formula is C15H24N2O3S. The molecule has 0 radical (unpaired) electrons. The van der Waals surface area contributed by atoms with Gasteiger partial charge in [0.1, 0.15) is 0 Å². The number of amides is 1. The maximum atomic E-state index is 12.0. The first-order valence-corrected chi connectivity index (χ1v) is 8.99. The van der Waals surface area contributed by atoms with Crippen LogP contribution in [0.3, 0.4) is 0 Å². The van der Waals surface area contributed by atoms with E-state index in [2.05, 4.69) is 5.32 Å². The Morgan fingerprint density at radius 3 is 2.57 bits per heavy atom. The summed E-state index contributed by atoms with van der Waals surface area (Å²) in [4.78, 5) is 12.0. The zero-order valence-electron chi connectivity index (χ0n) is 12.9. The summed E-state index contributed by atoms with van der Waals surface area (Å²) in [5.74, 6) is -0.178. The van der Waals surface area contributed by atoms with Gasteiger partial charge < -0.3 is 5.32 Å². The van der Waals surface area contributed by atoms with Crippen molar-refractivity contribution in [1.29, 1.82) is 0 Å². The number of benzene rings is 1. The second-order valence-corrected chi connectivity index (χ2v) is 7.12. The van der Waals surface area contributed by atoms with Crippen molar-refractivity contribution in [2.45, 2.75) is 26.7 Å². The summed E-state index contributed by atoms with van der Waals surface area (Å²) in [6.45, 7) is 5.04. The van der Waals surface area contributed by atoms with Crippen LogP contribution in [-0.4, -0.2) is 44.5 Å². The summed E-state index contributed by atoms with van der Waals surface area (Å²) in [7, 11) is -3.22. The number of hydrogen-bond donors (Lipinski definition) is 1. The molecule has 0 spiro atoms. The maximum absolute atomic E-state index is 12.0. The summed E-state index contributed by atoms with van der Waals surface area (Å²) in [6, 6.07) is 7.30. The number of nitrogens with one attached hydrogen (secondary N) is 1. The zero-order valence-corrected chi connectivity index (χ0v) is 13.7. The lowest BCUT2D eigenvalue weighted by molar-refractivity contribution is 0.0951. The Balaban J connectivity index is 2.52. The summed E-state index contributed by atoms with van der Waals surface area (Å²) in [5, 5.41) is 2.76. The molecule has 0 bridgehead atoms. The third kappa shape index (κ3) is 6.27. The number of aryl methyl sites for hydroxylation is 1. The molecule has 5 nitrogen and oxygen atoms in total. The molecule has 1 rings (SSSR count). The van der Waals surface area contributed by atoms with Gasteiger partial charge in [0.2, 0.25) is 10.0 Å². The number of carbonyl (C=O) groups excluding carboxylic acids is 1. The van der Waals surface area contributed by atoms with E-state index in [4.69, 9.17) is 0 Å². The number of hydrogen-bond acceptors (Lipinski definition) is 3. The third-order valence-electron chi connectivity index (χ3n) is 3.16. The Morgan fingerprint density at radius 2 is 2.00 bits per heavy atom. The molecule has 1 aromatic carbocycles. The number of carbonyl (C=O) groups is 1. The number of nitrogens with zero attached hydrogens (tertiary/aromatic N) is 1. The van der Waals surface area contributed by atoms with Crippen LogP contribution >= 0.6 is 0 Å². The summed E-state index contributed by atoms with van der Waals surface area (Å²) in [6.07, 6.45) is 2.95. The van der Waals surface area contributed by atoms with Crippen molar-refractivity contribution in [1.82, 2.24) is 9.62 Å². The molecule has 21 heavy (non-hydrogen) atoms. The van der Waals surface area contributed by atoms with Gasteiger partial charge >= 0.3 is 0 Å². The fourth-order valence-electron chi connectivity index (χ4n) is 1.96. The van der Waals surface area contributed by atoms with Crippen molar-refractivity contribution in [3.05, 3.63) is 35.4 Å². The molecule has 6 heteroatoms. The normalized spacial score (nSPS) is 11.6. The lowest BCUT2D eigenvalue weighted by Crippen LogP contribution is -2.38.